The van der Waals surface area contributed by atoms with Gasteiger partial charge in [-0.1, -0.05) is 19.1 Å². The minimum Gasteiger partial charge on any atom is -0.461 e. The molecule has 2 aliphatic rings. The molecule has 2 saturated heterocycles. The summed E-state index contributed by atoms with van der Waals surface area (Å²) in [5.74, 6) is 0.822. The molecular weight excluding hydrogens is 264 g/mol. The monoisotopic (exact) mass is 284 g/mol. The summed E-state index contributed by atoms with van der Waals surface area (Å²) < 4.78 is 4.92. The smallest absolute Gasteiger partial charge is 0.315 e. The van der Waals surface area contributed by atoms with Crippen LogP contribution in [-0.4, -0.2) is 41.7 Å². The lowest BCUT2D eigenvalue weighted by atomic mass is 10.0. The minimum absolute atomic E-state index is 0.0479. The van der Waals surface area contributed by atoms with E-state index in [9.17, 15) is 9.59 Å². The average Bonchev–Trinajstić information content (AvgIpc) is 2.92. The van der Waals surface area contributed by atoms with Gasteiger partial charge in [-0.05, 0) is 12.8 Å². The number of ether oxygens (including phenoxy) is 1. The van der Waals surface area contributed by atoms with Crippen molar-refractivity contribution >= 4 is 23.8 Å². The van der Waals surface area contributed by atoms with Crippen LogP contribution in [0.1, 0.15) is 25.7 Å². The zero-order valence-electron chi connectivity index (χ0n) is 10.9. The molecule has 2 aliphatic heterocycles. The van der Waals surface area contributed by atoms with Gasteiger partial charge in [-0.15, -0.1) is 0 Å². The van der Waals surface area contributed by atoms with E-state index in [1.165, 1.54) is 0 Å². The van der Waals surface area contributed by atoms with Crippen LogP contribution in [0.2, 0.25) is 0 Å². The summed E-state index contributed by atoms with van der Waals surface area (Å²) in [6, 6.07) is 0.485. The molecule has 0 aromatic heterocycles. The first-order chi connectivity index (χ1) is 9.20. The van der Waals surface area contributed by atoms with Crippen molar-refractivity contribution in [1.29, 1.82) is 0 Å². The van der Waals surface area contributed by atoms with E-state index in [-0.39, 0.29) is 24.1 Å². The summed E-state index contributed by atoms with van der Waals surface area (Å²) in [6.45, 7) is 3.79. The summed E-state index contributed by atoms with van der Waals surface area (Å²) >= 11 is 1.90. The van der Waals surface area contributed by atoms with E-state index >= 15 is 0 Å². The van der Waals surface area contributed by atoms with Crippen molar-refractivity contribution in [1.82, 2.24) is 10.6 Å². The lowest BCUT2D eigenvalue weighted by molar-refractivity contribution is -0.142. The van der Waals surface area contributed by atoms with E-state index in [4.69, 9.17) is 4.74 Å². The molecule has 106 valence electrons. The number of carbonyl (C=O) groups is 2. The Bertz CT molecular complexity index is 362. The number of urea groups is 1. The Morgan fingerprint density at radius 3 is 3.11 bits per heavy atom. The summed E-state index contributed by atoms with van der Waals surface area (Å²) in [7, 11) is 0. The van der Waals surface area contributed by atoms with Gasteiger partial charge in [0, 0.05) is 17.4 Å². The van der Waals surface area contributed by atoms with E-state index in [2.05, 4.69) is 17.2 Å². The predicted molar refractivity (Wildman–Crippen MR) is 75.1 cm³/mol. The van der Waals surface area contributed by atoms with Crippen LogP contribution in [0.3, 0.4) is 0 Å². The van der Waals surface area contributed by atoms with Gasteiger partial charge in [-0.2, -0.15) is 11.8 Å². The zero-order valence-corrected chi connectivity index (χ0v) is 11.7. The number of rotatable bonds is 7. The Hall–Kier alpha value is -1.17. The molecule has 2 fully saturated rings. The Morgan fingerprint density at radius 2 is 2.32 bits per heavy atom. The van der Waals surface area contributed by atoms with Gasteiger partial charge >= 0.3 is 12.0 Å². The van der Waals surface area contributed by atoms with Crippen LogP contribution in [-0.2, 0) is 9.53 Å². The van der Waals surface area contributed by atoms with Gasteiger partial charge in [-0.25, -0.2) is 4.79 Å². The highest BCUT2D eigenvalue weighted by Crippen LogP contribution is 2.33. The topological polar surface area (TPSA) is 67.4 Å². The summed E-state index contributed by atoms with van der Waals surface area (Å²) in [6.07, 6.45) is 4.89. The molecule has 0 spiro atoms. The number of amides is 2. The Balaban J connectivity index is 1.60. The molecular formula is C13H20N2O3S. The van der Waals surface area contributed by atoms with Crippen molar-refractivity contribution in [3.05, 3.63) is 12.7 Å². The third kappa shape index (κ3) is 3.89. The fourth-order valence-electron chi connectivity index (χ4n) is 2.48. The lowest BCUT2D eigenvalue weighted by Crippen LogP contribution is -2.36. The second-order valence-corrected chi connectivity index (χ2v) is 6.11. The summed E-state index contributed by atoms with van der Waals surface area (Å²) in [4.78, 5) is 22.5. The van der Waals surface area contributed by atoms with Gasteiger partial charge in [0.25, 0.3) is 0 Å². The van der Waals surface area contributed by atoms with Crippen molar-refractivity contribution in [3.8, 4) is 0 Å². The molecule has 0 radical (unpaired) electrons. The predicted octanol–water partition coefficient (Wildman–Crippen LogP) is 1.44. The molecule has 0 saturated carbocycles. The van der Waals surface area contributed by atoms with Crippen LogP contribution >= 0.6 is 11.8 Å². The fourth-order valence-corrected chi connectivity index (χ4v) is 4.03. The Morgan fingerprint density at radius 1 is 1.47 bits per heavy atom. The van der Waals surface area contributed by atoms with Crippen LogP contribution in [0.4, 0.5) is 4.79 Å². The Labute approximate surface area is 117 Å². The highest BCUT2D eigenvalue weighted by molar-refractivity contribution is 8.00. The molecule has 0 aliphatic carbocycles. The van der Waals surface area contributed by atoms with E-state index in [1.54, 1.807) is 6.08 Å². The average molecular weight is 284 g/mol. The molecule has 6 heteroatoms. The maximum atomic E-state index is 11.3. The van der Waals surface area contributed by atoms with E-state index in [1.807, 2.05) is 11.8 Å². The van der Waals surface area contributed by atoms with E-state index in [0.717, 1.165) is 25.0 Å². The molecule has 2 rings (SSSR count). The third-order valence-electron chi connectivity index (χ3n) is 3.42. The largest absolute Gasteiger partial charge is 0.461 e. The van der Waals surface area contributed by atoms with E-state index < -0.39 is 0 Å². The van der Waals surface area contributed by atoms with Gasteiger partial charge in [0.1, 0.15) is 6.61 Å². The minimum atomic E-state index is -0.160. The second kappa shape index (κ2) is 6.84. The molecule has 2 amide bonds. The lowest BCUT2D eigenvalue weighted by Gasteiger charge is -2.16. The standard InChI is InChI=1S/C13H20N2O3S/c1-2-7-18-11(16)6-4-3-5-10-12-9(8-19-10)14-13(17)15-12/h2,9-10,12H,1,3-8H2,(H2,14,15,17)/t9-,10+,12+/m1/s1. The van der Waals surface area contributed by atoms with Gasteiger partial charge in [0.15, 0.2) is 0 Å². The maximum Gasteiger partial charge on any atom is 0.315 e. The number of nitrogens with one attached hydrogen (secondary N) is 2. The van der Waals surface area contributed by atoms with Crippen LogP contribution in [0.5, 0.6) is 0 Å². The molecule has 3 atom stereocenters. The number of unbranched alkanes of at least 4 members (excludes halogenated alkanes) is 1. The SMILES string of the molecule is C=CCOC(=O)CCCC[C@@H]1SC[C@H]2NC(=O)N[C@H]12. The van der Waals surface area contributed by atoms with Crippen LogP contribution in [0.25, 0.3) is 0 Å². The first-order valence-electron chi connectivity index (χ1n) is 6.66. The zero-order chi connectivity index (χ0) is 13.7. The van der Waals surface area contributed by atoms with Crippen LogP contribution in [0, 0.1) is 0 Å². The number of thioether (sulfide) groups is 1. The number of hydrogen-bond donors (Lipinski definition) is 2. The summed E-state index contributed by atoms with van der Waals surface area (Å²) in [5, 5.41) is 6.36. The number of esters is 1. The van der Waals surface area contributed by atoms with E-state index in [0.29, 0.717) is 18.3 Å². The molecule has 0 aromatic carbocycles. The number of carbonyl (C=O) groups excluding carboxylic acids is 2. The molecule has 19 heavy (non-hydrogen) atoms. The quantitative estimate of drug-likeness (QED) is 0.321. The van der Waals surface area contributed by atoms with Crippen LogP contribution in [0.15, 0.2) is 12.7 Å². The van der Waals surface area contributed by atoms with Crippen LogP contribution < -0.4 is 10.6 Å². The second-order valence-electron chi connectivity index (χ2n) is 4.84. The van der Waals surface area contributed by atoms with Crippen molar-refractivity contribution < 1.29 is 14.3 Å². The third-order valence-corrected chi connectivity index (χ3v) is 4.93. The number of hydrogen-bond acceptors (Lipinski definition) is 4. The number of fused-ring (bicyclic) bond motifs is 1. The maximum absolute atomic E-state index is 11.3. The fraction of sp³-hybridized carbons (Fsp3) is 0.692. The summed E-state index contributed by atoms with van der Waals surface area (Å²) in [5.41, 5.74) is 0. The van der Waals surface area contributed by atoms with Gasteiger partial charge in [0.2, 0.25) is 0 Å². The van der Waals surface area contributed by atoms with Gasteiger partial charge < -0.3 is 15.4 Å². The first kappa shape index (κ1) is 14.2. The highest BCUT2D eigenvalue weighted by atomic mass is 32.2. The molecule has 2 N–H and O–H groups in total. The van der Waals surface area contributed by atoms with Crippen molar-refractivity contribution in [3.63, 3.8) is 0 Å². The molecule has 0 aromatic rings. The first-order valence-corrected chi connectivity index (χ1v) is 7.70. The molecule has 2 heterocycles. The molecule has 0 bridgehead atoms. The molecule has 5 nitrogen and oxygen atoms in total. The van der Waals surface area contributed by atoms with Crippen molar-refractivity contribution in [2.24, 2.45) is 0 Å². The van der Waals surface area contributed by atoms with Crippen molar-refractivity contribution in [2.45, 2.75) is 43.0 Å². The van der Waals surface area contributed by atoms with Gasteiger partial charge in [0.05, 0.1) is 12.1 Å². The Kier molecular flexibility index (Phi) is 5.13. The van der Waals surface area contributed by atoms with Gasteiger partial charge in [-0.3, -0.25) is 4.79 Å². The molecule has 0 unspecified atom stereocenters. The van der Waals surface area contributed by atoms with Crippen molar-refractivity contribution in [2.75, 3.05) is 12.4 Å². The normalized spacial score (nSPS) is 28.4. The highest BCUT2D eigenvalue weighted by Gasteiger charge is 2.42.